The number of hydrogen-bond donors (Lipinski definition) is 1. The maximum Gasteiger partial charge on any atom is 0.266 e. The number of amides is 1. The van der Waals surface area contributed by atoms with Crippen LogP contribution in [0.4, 0.5) is 0 Å². The molecule has 1 saturated heterocycles. The van der Waals surface area contributed by atoms with E-state index in [1.807, 2.05) is 11.8 Å². The zero-order chi connectivity index (χ0) is 12.3. The van der Waals surface area contributed by atoms with Crippen LogP contribution in [0.1, 0.15) is 35.1 Å². The second-order valence-corrected chi connectivity index (χ2v) is 5.27. The predicted octanol–water partition coefficient (Wildman–Crippen LogP) is 2.51. The van der Waals surface area contributed by atoms with Crippen molar-refractivity contribution in [2.75, 3.05) is 19.6 Å². The Labute approximate surface area is 130 Å². The summed E-state index contributed by atoms with van der Waals surface area (Å²) in [6.45, 7) is 6.79. The molecule has 19 heavy (non-hydrogen) atoms. The molecule has 0 bridgehead atoms. The molecule has 1 amide bonds. The third-order valence-electron chi connectivity index (χ3n) is 3.14. The van der Waals surface area contributed by atoms with Crippen LogP contribution in [-0.2, 0) is 0 Å². The van der Waals surface area contributed by atoms with Crippen LogP contribution in [0.25, 0.3) is 0 Å². The molecule has 110 valence electrons. The molecule has 2 rings (SSSR count). The summed E-state index contributed by atoms with van der Waals surface area (Å²) in [5.74, 6) is 0.153. The molecule has 0 radical (unpaired) electrons. The highest BCUT2D eigenvalue weighted by Gasteiger charge is 2.28. The molecule has 0 aliphatic carbocycles. The largest absolute Gasteiger partial charge is 0.334 e. The van der Waals surface area contributed by atoms with E-state index in [2.05, 4.69) is 17.2 Å². The van der Waals surface area contributed by atoms with Gasteiger partial charge in [0.15, 0.2) is 0 Å². The summed E-state index contributed by atoms with van der Waals surface area (Å²) in [5, 5.41) is 3.32. The highest BCUT2D eigenvalue weighted by Crippen LogP contribution is 2.19. The average Bonchev–Trinajstić information content (AvgIpc) is 2.95. The van der Waals surface area contributed by atoms with E-state index in [0.29, 0.717) is 6.04 Å². The van der Waals surface area contributed by atoms with E-state index >= 15 is 0 Å². The van der Waals surface area contributed by atoms with Crippen molar-refractivity contribution >= 4 is 42.1 Å². The molecule has 1 aromatic heterocycles. The number of hydrogen-bond acceptors (Lipinski definition) is 4. The topological polar surface area (TPSA) is 45.2 Å². The quantitative estimate of drug-likeness (QED) is 0.925. The Hall–Kier alpha value is -0.360. The zero-order valence-electron chi connectivity index (χ0n) is 11.2. The number of aryl methyl sites for hydroxylation is 1. The summed E-state index contributed by atoms with van der Waals surface area (Å²) in [7, 11) is 0. The van der Waals surface area contributed by atoms with Gasteiger partial charge in [0.05, 0.1) is 11.2 Å². The SMILES string of the molecule is CCCN(C(=O)c1scnc1C)C1CCNC1.Cl.Cl. The number of thiazole rings is 1. The normalized spacial score (nSPS) is 17.5. The van der Waals surface area contributed by atoms with Gasteiger partial charge < -0.3 is 10.2 Å². The van der Waals surface area contributed by atoms with Crippen molar-refractivity contribution in [1.82, 2.24) is 15.2 Å². The molecule has 1 N–H and O–H groups in total. The molecule has 1 unspecified atom stereocenters. The fourth-order valence-corrected chi connectivity index (χ4v) is 2.99. The van der Waals surface area contributed by atoms with E-state index in [4.69, 9.17) is 0 Å². The minimum Gasteiger partial charge on any atom is -0.334 e. The van der Waals surface area contributed by atoms with Gasteiger partial charge in [0.2, 0.25) is 0 Å². The Kier molecular flexibility index (Phi) is 8.57. The fourth-order valence-electron chi connectivity index (χ4n) is 2.23. The van der Waals surface area contributed by atoms with Crippen molar-refractivity contribution in [1.29, 1.82) is 0 Å². The van der Waals surface area contributed by atoms with Crippen molar-refractivity contribution in [2.45, 2.75) is 32.7 Å². The number of rotatable bonds is 4. The molecule has 1 aliphatic rings. The van der Waals surface area contributed by atoms with Crippen LogP contribution in [0.3, 0.4) is 0 Å². The summed E-state index contributed by atoms with van der Waals surface area (Å²) in [4.78, 5) is 19.4. The van der Waals surface area contributed by atoms with Crippen molar-refractivity contribution in [3.05, 3.63) is 16.1 Å². The number of halogens is 2. The van der Waals surface area contributed by atoms with Crippen LogP contribution in [0, 0.1) is 6.92 Å². The Morgan fingerprint density at radius 1 is 1.58 bits per heavy atom. The Balaban J connectivity index is 0.00000162. The van der Waals surface area contributed by atoms with Crippen LogP contribution in [0.2, 0.25) is 0 Å². The number of carbonyl (C=O) groups excluding carboxylic acids is 1. The lowest BCUT2D eigenvalue weighted by molar-refractivity contribution is 0.0696. The van der Waals surface area contributed by atoms with Crippen LogP contribution >= 0.6 is 36.2 Å². The Morgan fingerprint density at radius 3 is 2.79 bits per heavy atom. The summed E-state index contributed by atoms with van der Waals surface area (Å²) in [5.41, 5.74) is 2.60. The van der Waals surface area contributed by atoms with E-state index in [9.17, 15) is 4.79 Å². The number of nitrogens with zero attached hydrogens (tertiary/aromatic N) is 2. The molecule has 1 aliphatic heterocycles. The van der Waals surface area contributed by atoms with Crippen LogP contribution in [0.5, 0.6) is 0 Å². The predicted molar refractivity (Wildman–Crippen MR) is 83.9 cm³/mol. The summed E-state index contributed by atoms with van der Waals surface area (Å²) >= 11 is 1.45. The van der Waals surface area contributed by atoms with Crippen LogP contribution < -0.4 is 5.32 Å². The summed E-state index contributed by atoms with van der Waals surface area (Å²) in [6.07, 6.45) is 2.06. The molecule has 7 heteroatoms. The molecule has 1 atom stereocenters. The molecule has 1 aromatic rings. The van der Waals surface area contributed by atoms with Crippen molar-refractivity contribution in [3.8, 4) is 0 Å². The van der Waals surface area contributed by atoms with Crippen molar-refractivity contribution < 1.29 is 4.79 Å². The molecule has 4 nitrogen and oxygen atoms in total. The highest BCUT2D eigenvalue weighted by molar-refractivity contribution is 7.11. The van der Waals surface area contributed by atoms with Gasteiger partial charge in [0.25, 0.3) is 5.91 Å². The third-order valence-corrected chi connectivity index (χ3v) is 4.06. The van der Waals surface area contributed by atoms with Crippen LogP contribution in [-0.4, -0.2) is 41.5 Å². The van der Waals surface area contributed by atoms with Gasteiger partial charge in [-0.15, -0.1) is 36.2 Å². The molecule has 0 spiro atoms. The van der Waals surface area contributed by atoms with Crippen LogP contribution in [0.15, 0.2) is 5.51 Å². The minimum atomic E-state index is 0. The molecular formula is C12H21Cl2N3OS. The van der Waals surface area contributed by atoms with Gasteiger partial charge in [-0.3, -0.25) is 4.79 Å². The number of nitrogens with one attached hydrogen (secondary N) is 1. The number of carbonyl (C=O) groups is 1. The smallest absolute Gasteiger partial charge is 0.266 e. The summed E-state index contributed by atoms with van der Waals surface area (Å²) < 4.78 is 0. The highest BCUT2D eigenvalue weighted by atomic mass is 35.5. The Bertz CT molecular complexity index is 394. The maximum atomic E-state index is 12.5. The summed E-state index contributed by atoms with van der Waals surface area (Å²) in [6, 6.07) is 0.351. The van der Waals surface area contributed by atoms with Crippen molar-refractivity contribution in [2.24, 2.45) is 0 Å². The molecule has 2 heterocycles. The first-order valence-corrected chi connectivity index (χ1v) is 7.03. The molecule has 0 saturated carbocycles. The van der Waals surface area contributed by atoms with E-state index < -0.39 is 0 Å². The van der Waals surface area contributed by atoms with Gasteiger partial charge in [-0.05, 0) is 26.3 Å². The van der Waals surface area contributed by atoms with E-state index in [-0.39, 0.29) is 30.7 Å². The Morgan fingerprint density at radius 2 is 2.32 bits per heavy atom. The standard InChI is InChI=1S/C12H19N3OS.2ClH/c1-3-6-15(10-4-5-13-7-10)12(16)11-9(2)14-8-17-11;;/h8,10,13H,3-7H2,1-2H3;2*1H. The van der Waals surface area contributed by atoms with Gasteiger partial charge in [0.1, 0.15) is 4.88 Å². The van der Waals surface area contributed by atoms with Gasteiger partial charge >= 0.3 is 0 Å². The monoisotopic (exact) mass is 325 g/mol. The van der Waals surface area contributed by atoms with Gasteiger partial charge in [-0.2, -0.15) is 0 Å². The van der Waals surface area contributed by atoms with Crippen molar-refractivity contribution in [3.63, 3.8) is 0 Å². The third kappa shape index (κ3) is 4.31. The van der Waals surface area contributed by atoms with Gasteiger partial charge in [-0.1, -0.05) is 6.92 Å². The molecule has 1 fully saturated rings. The van der Waals surface area contributed by atoms with E-state index in [1.165, 1.54) is 11.3 Å². The first-order valence-electron chi connectivity index (χ1n) is 6.15. The maximum absolute atomic E-state index is 12.5. The van der Waals surface area contributed by atoms with E-state index in [0.717, 1.165) is 43.0 Å². The average molecular weight is 326 g/mol. The first-order chi connectivity index (χ1) is 8.24. The van der Waals surface area contributed by atoms with Gasteiger partial charge in [-0.25, -0.2) is 4.98 Å². The minimum absolute atomic E-state index is 0. The van der Waals surface area contributed by atoms with Gasteiger partial charge in [0, 0.05) is 19.1 Å². The second-order valence-electron chi connectivity index (χ2n) is 4.41. The molecule has 0 aromatic carbocycles. The fraction of sp³-hybridized carbons (Fsp3) is 0.667. The lowest BCUT2D eigenvalue weighted by Gasteiger charge is -2.27. The van der Waals surface area contributed by atoms with E-state index in [1.54, 1.807) is 5.51 Å². The zero-order valence-corrected chi connectivity index (χ0v) is 13.7. The lowest BCUT2D eigenvalue weighted by Crippen LogP contribution is -2.42. The molecular weight excluding hydrogens is 305 g/mol. The number of aromatic nitrogens is 1. The second kappa shape index (κ2) is 8.74. The lowest BCUT2D eigenvalue weighted by atomic mass is 10.2. The first kappa shape index (κ1) is 18.6.